The molecule has 1 atom stereocenters. The summed E-state index contributed by atoms with van der Waals surface area (Å²) in [6.45, 7) is 1.21. The van der Waals surface area contributed by atoms with Gasteiger partial charge in [-0.3, -0.25) is 9.59 Å². The molecule has 0 saturated carbocycles. The van der Waals surface area contributed by atoms with Gasteiger partial charge in [-0.1, -0.05) is 0 Å². The van der Waals surface area contributed by atoms with E-state index >= 15 is 0 Å². The Bertz CT molecular complexity index is 778. The Balaban J connectivity index is 1.59. The SMILES string of the molecule is N#Cc1ccc(C(=O)N2CCC[C@@H]2C(=O)N2CCC(OCC(=O)O)CC2)cc1. The first-order chi connectivity index (χ1) is 13.5. The van der Waals surface area contributed by atoms with E-state index in [0.29, 0.717) is 50.0 Å². The van der Waals surface area contributed by atoms with E-state index in [-0.39, 0.29) is 24.5 Å². The van der Waals surface area contributed by atoms with Gasteiger partial charge in [-0.15, -0.1) is 0 Å². The highest BCUT2D eigenvalue weighted by molar-refractivity contribution is 5.98. The first-order valence-corrected chi connectivity index (χ1v) is 9.43. The number of benzene rings is 1. The Morgan fingerprint density at radius 2 is 1.79 bits per heavy atom. The van der Waals surface area contributed by atoms with E-state index in [1.807, 2.05) is 6.07 Å². The molecule has 2 aliphatic rings. The largest absolute Gasteiger partial charge is 0.480 e. The quantitative estimate of drug-likeness (QED) is 0.817. The van der Waals surface area contributed by atoms with Gasteiger partial charge in [-0.2, -0.15) is 5.26 Å². The predicted molar refractivity (Wildman–Crippen MR) is 98.4 cm³/mol. The molecule has 1 aromatic rings. The summed E-state index contributed by atoms with van der Waals surface area (Å²) in [5, 5.41) is 17.6. The monoisotopic (exact) mass is 385 g/mol. The zero-order chi connectivity index (χ0) is 20.1. The topological polar surface area (TPSA) is 111 Å². The summed E-state index contributed by atoms with van der Waals surface area (Å²) in [7, 11) is 0. The number of carbonyl (C=O) groups excluding carboxylic acids is 2. The minimum absolute atomic E-state index is 0.0591. The average Bonchev–Trinajstić information content (AvgIpc) is 3.21. The standard InChI is InChI=1S/C20H23N3O5/c21-12-14-3-5-15(6-4-14)19(26)23-9-1-2-17(23)20(27)22-10-7-16(8-11-22)28-13-18(24)25/h3-6,16-17H,1-2,7-11,13H2,(H,24,25)/t17-/m1/s1. The zero-order valence-electron chi connectivity index (χ0n) is 15.5. The third kappa shape index (κ3) is 4.49. The van der Waals surface area contributed by atoms with Crippen molar-refractivity contribution in [1.29, 1.82) is 5.26 Å². The molecule has 2 saturated heterocycles. The van der Waals surface area contributed by atoms with Crippen LogP contribution in [0.2, 0.25) is 0 Å². The van der Waals surface area contributed by atoms with Crippen LogP contribution in [0.4, 0.5) is 0 Å². The van der Waals surface area contributed by atoms with Gasteiger partial charge >= 0.3 is 5.97 Å². The van der Waals surface area contributed by atoms with Gasteiger partial charge in [-0.05, 0) is 49.9 Å². The lowest BCUT2D eigenvalue weighted by Gasteiger charge is -2.35. The summed E-state index contributed by atoms with van der Waals surface area (Å²) in [4.78, 5) is 39.8. The van der Waals surface area contributed by atoms with Gasteiger partial charge in [0, 0.05) is 25.2 Å². The van der Waals surface area contributed by atoms with Gasteiger partial charge in [0.25, 0.3) is 5.91 Å². The molecule has 2 aliphatic heterocycles. The maximum atomic E-state index is 13.0. The van der Waals surface area contributed by atoms with Crippen LogP contribution in [0.3, 0.4) is 0 Å². The second kappa shape index (κ2) is 8.85. The number of nitrogens with zero attached hydrogens (tertiary/aromatic N) is 3. The van der Waals surface area contributed by atoms with E-state index in [9.17, 15) is 14.4 Å². The molecule has 0 aliphatic carbocycles. The molecule has 3 rings (SSSR count). The Morgan fingerprint density at radius 3 is 2.39 bits per heavy atom. The first-order valence-electron chi connectivity index (χ1n) is 9.43. The second-order valence-corrected chi connectivity index (χ2v) is 7.08. The summed E-state index contributed by atoms with van der Waals surface area (Å²) in [6, 6.07) is 7.98. The summed E-state index contributed by atoms with van der Waals surface area (Å²) in [5.74, 6) is -1.25. The van der Waals surface area contributed by atoms with Crippen molar-refractivity contribution in [3.8, 4) is 6.07 Å². The Hall–Kier alpha value is -2.92. The van der Waals surface area contributed by atoms with E-state index in [1.54, 1.807) is 34.1 Å². The number of ether oxygens (including phenoxy) is 1. The number of piperidine rings is 1. The minimum atomic E-state index is -0.999. The number of likely N-dealkylation sites (tertiary alicyclic amines) is 2. The van der Waals surface area contributed by atoms with Gasteiger partial charge < -0.3 is 19.6 Å². The summed E-state index contributed by atoms with van der Waals surface area (Å²) >= 11 is 0. The fourth-order valence-electron chi connectivity index (χ4n) is 3.76. The average molecular weight is 385 g/mol. The maximum absolute atomic E-state index is 13.0. The van der Waals surface area contributed by atoms with Crippen molar-refractivity contribution in [2.75, 3.05) is 26.2 Å². The summed E-state index contributed by atoms with van der Waals surface area (Å²) < 4.78 is 5.31. The molecule has 0 spiro atoms. The van der Waals surface area contributed by atoms with E-state index in [2.05, 4.69) is 0 Å². The maximum Gasteiger partial charge on any atom is 0.329 e. The van der Waals surface area contributed by atoms with Crippen LogP contribution in [0.15, 0.2) is 24.3 Å². The number of amides is 2. The smallest absolute Gasteiger partial charge is 0.329 e. The number of carboxylic acid groups (broad SMARTS) is 1. The molecule has 0 aromatic heterocycles. The van der Waals surface area contributed by atoms with Crippen molar-refractivity contribution in [2.24, 2.45) is 0 Å². The third-order valence-corrected chi connectivity index (χ3v) is 5.26. The highest BCUT2D eigenvalue weighted by Gasteiger charge is 2.38. The fraction of sp³-hybridized carbons (Fsp3) is 0.500. The van der Waals surface area contributed by atoms with E-state index in [1.165, 1.54) is 0 Å². The molecule has 0 unspecified atom stereocenters. The van der Waals surface area contributed by atoms with Crippen LogP contribution in [-0.2, 0) is 14.3 Å². The van der Waals surface area contributed by atoms with Crippen molar-refractivity contribution in [3.63, 3.8) is 0 Å². The highest BCUT2D eigenvalue weighted by Crippen LogP contribution is 2.24. The Morgan fingerprint density at radius 1 is 1.11 bits per heavy atom. The lowest BCUT2D eigenvalue weighted by atomic mass is 10.1. The molecule has 0 radical (unpaired) electrons. The number of hydrogen-bond donors (Lipinski definition) is 1. The highest BCUT2D eigenvalue weighted by atomic mass is 16.5. The number of carbonyl (C=O) groups is 3. The molecular weight excluding hydrogens is 362 g/mol. The molecular formula is C20H23N3O5. The van der Waals surface area contributed by atoms with Gasteiger partial charge in [-0.25, -0.2) is 4.79 Å². The van der Waals surface area contributed by atoms with Crippen LogP contribution >= 0.6 is 0 Å². The minimum Gasteiger partial charge on any atom is -0.480 e. The number of hydrogen-bond acceptors (Lipinski definition) is 5. The number of aliphatic carboxylic acids is 1. The fourth-order valence-corrected chi connectivity index (χ4v) is 3.76. The molecule has 28 heavy (non-hydrogen) atoms. The number of rotatable bonds is 5. The summed E-state index contributed by atoms with van der Waals surface area (Å²) in [6.07, 6.45) is 2.44. The van der Waals surface area contributed by atoms with E-state index in [0.717, 1.165) is 6.42 Å². The molecule has 148 valence electrons. The van der Waals surface area contributed by atoms with Gasteiger partial charge in [0.1, 0.15) is 12.6 Å². The van der Waals surface area contributed by atoms with Gasteiger partial charge in [0.15, 0.2) is 0 Å². The van der Waals surface area contributed by atoms with Crippen LogP contribution < -0.4 is 0 Å². The van der Waals surface area contributed by atoms with Crippen LogP contribution in [0, 0.1) is 11.3 Å². The molecule has 2 fully saturated rings. The van der Waals surface area contributed by atoms with Crippen molar-refractivity contribution in [2.45, 2.75) is 37.8 Å². The van der Waals surface area contributed by atoms with Crippen molar-refractivity contribution >= 4 is 17.8 Å². The number of nitriles is 1. The lowest BCUT2D eigenvalue weighted by molar-refractivity contribution is -0.147. The molecule has 8 heteroatoms. The second-order valence-electron chi connectivity index (χ2n) is 7.08. The van der Waals surface area contributed by atoms with Gasteiger partial charge in [0.05, 0.1) is 17.7 Å². The predicted octanol–water partition coefficient (Wildman–Crippen LogP) is 1.26. The lowest BCUT2D eigenvalue weighted by Crippen LogP contribution is -2.50. The zero-order valence-corrected chi connectivity index (χ0v) is 15.5. The van der Waals surface area contributed by atoms with Gasteiger partial charge in [0.2, 0.25) is 5.91 Å². The van der Waals surface area contributed by atoms with Crippen LogP contribution in [-0.4, -0.2) is 71.1 Å². The summed E-state index contributed by atoms with van der Waals surface area (Å²) in [5.41, 5.74) is 0.957. The molecule has 0 bridgehead atoms. The van der Waals surface area contributed by atoms with Crippen molar-refractivity contribution in [3.05, 3.63) is 35.4 Å². The van der Waals surface area contributed by atoms with Crippen molar-refractivity contribution < 1.29 is 24.2 Å². The first kappa shape index (κ1) is 19.8. The molecule has 8 nitrogen and oxygen atoms in total. The van der Waals surface area contributed by atoms with E-state index in [4.69, 9.17) is 15.1 Å². The Kier molecular flexibility index (Phi) is 6.26. The third-order valence-electron chi connectivity index (χ3n) is 5.26. The van der Waals surface area contributed by atoms with Crippen LogP contribution in [0.5, 0.6) is 0 Å². The Labute approximate surface area is 163 Å². The normalized spacial score (nSPS) is 20.0. The van der Waals surface area contributed by atoms with Crippen LogP contribution in [0.1, 0.15) is 41.6 Å². The molecule has 1 N–H and O–H groups in total. The number of carboxylic acids is 1. The van der Waals surface area contributed by atoms with E-state index < -0.39 is 12.0 Å². The van der Waals surface area contributed by atoms with Crippen LogP contribution in [0.25, 0.3) is 0 Å². The molecule has 2 amide bonds. The molecule has 2 heterocycles. The molecule has 1 aromatic carbocycles. The van der Waals surface area contributed by atoms with Crippen molar-refractivity contribution in [1.82, 2.24) is 9.80 Å².